The molecule has 0 fully saturated rings. The Bertz CT molecular complexity index is 815. The summed E-state index contributed by atoms with van der Waals surface area (Å²) in [6.45, 7) is 4.17. The number of anilines is 1. The highest BCUT2D eigenvalue weighted by atomic mass is 16.5. The molecule has 2 rings (SSSR count). The van der Waals surface area contributed by atoms with E-state index in [1.165, 1.54) is 12.1 Å². The number of carbonyl (C=O) groups is 3. The molecule has 7 heteroatoms. The lowest BCUT2D eigenvalue weighted by atomic mass is 10.1. The largest absolute Gasteiger partial charge is 0.493 e. The van der Waals surface area contributed by atoms with Crippen LogP contribution in [0.4, 0.5) is 5.69 Å². The number of ether oxygens (including phenoxy) is 2. The van der Waals surface area contributed by atoms with Gasteiger partial charge in [0.2, 0.25) is 0 Å². The van der Waals surface area contributed by atoms with Gasteiger partial charge in [0.15, 0.2) is 6.61 Å². The van der Waals surface area contributed by atoms with Crippen molar-refractivity contribution in [1.82, 2.24) is 0 Å². The van der Waals surface area contributed by atoms with Gasteiger partial charge in [-0.1, -0.05) is 26.0 Å². The Morgan fingerprint density at radius 1 is 1.04 bits per heavy atom. The first-order chi connectivity index (χ1) is 12.9. The van der Waals surface area contributed by atoms with Crippen LogP contribution in [-0.2, 0) is 9.53 Å². The molecule has 0 radical (unpaired) electrons. The molecular formula is C20H22N2O5. The molecule has 2 aromatic carbocycles. The molecule has 2 aromatic rings. The molecule has 0 aromatic heterocycles. The molecule has 0 bridgehead atoms. The minimum Gasteiger partial charge on any atom is -0.493 e. The zero-order chi connectivity index (χ0) is 19.8. The van der Waals surface area contributed by atoms with Crippen LogP contribution in [0.3, 0.4) is 0 Å². The molecule has 0 saturated heterocycles. The van der Waals surface area contributed by atoms with Crippen LogP contribution in [-0.4, -0.2) is 31.0 Å². The van der Waals surface area contributed by atoms with Gasteiger partial charge < -0.3 is 20.5 Å². The van der Waals surface area contributed by atoms with Gasteiger partial charge in [0, 0.05) is 0 Å². The van der Waals surface area contributed by atoms with Crippen molar-refractivity contribution in [3.63, 3.8) is 0 Å². The van der Waals surface area contributed by atoms with Crippen molar-refractivity contribution in [1.29, 1.82) is 0 Å². The summed E-state index contributed by atoms with van der Waals surface area (Å²) in [5, 5.41) is 2.50. The molecule has 0 atom stereocenters. The molecule has 0 heterocycles. The summed E-state index contributed by atoms with van der Waals surface area (Å²) in [7, 11) is 0. The maximum atomic E-state index is 12.0. The minimum atomic E-state index is -0.664. The highest BCUT2D eigenvalue weighted by Gasteiger charge is 2.13. The molecule has 2 amide bonds. The maximum absolute atomic E-state index is 12.0. The number of nitrogens with two attached hydrogens (primary N) is 1. The van der Waals surface area contributed by atoms with Crippen molar-refractivity contribution in [2.24, 2.45) is 11.7 Å². The second-order valence-electron chi connectivity index (χ2n) is 6.26. The van der Waals surface area contributed by atoms with Gasteiger partial charge in [0.1, 0.15) is 5.75 Å². The summed E-state index contributed by atoms with van der Waals surface area (Å²) < 4.78 is 10.5. The summed E-state index contributed by atoms with van der Waals surface area (Å²) in [5.41, 5.74) is 5.99. The average molecular weight is 370 g/mol. The molecule has 0 spiro atoms. The number of rotatable bonds is 8. The van der Waals surface area contributed by atoms with Crippen LogP contribution in [0.2, 0.25) is 0 Å². The monoisotopic (exact) mass is 370 g/mol. The maximum Gasteiger partial charge on any atom is 0.338 e. The smallest absolute Gasteiger partial charge is 0.338 e. The Morgan fingerprint density at radius 3 is 2.33 bits per heavy atom. The average Bonchev–Trinajstić information content (AvgIpc) is 2.65. The molecule has 3 N–H and O–H groups in total. The zero-order valence-corrected chi connectivity index (χ0v) is 15.2. The van der Waals surface area contributed by atoms with E-state index in [-0.39, 0.29) is 11.3 Å². The van der Waals surface area contributed by atoms with E-state index >= 15 is 0 Å². The van der Waals surface area contributed by atoms with E-state index in [0.29, 0.717) is 23.8 Å². The van der Waals surface area contributed by atoms with Gasteiger partial charge in [0.25, 0.3) is 11.8 Å². The van der Waals surface area contributed by atoms with Crippen LogP contribution in [0.5, 0.6) is 5.75 Å². The Balaban J connectivity index is 1.88. The second-order valence-corrected chi connectivity index (χ2v) is 6.26. The van der Waals surface area contributed by atoms with Gasteiger partial charge in [-0.3, -0.25) is 9.59 Å². The van der Waals surface area contributed by atoms with Gasteiger partial charge in [-0.2, -0.15) is 0 Å². The lowest BCUT2D eigenvalue weighted by Crippen LogP contribution is -2.23. The molecule has 0 aliphatic heterocycles. The van der Waals surface area contributed by atoms with E-state index in [0.717, 1.165) is 0 Å². The summed E-state index contributed by atoms with van der Waals surface area (Å²) in [6, 6.07) is 12.8. The van der Waals surface area contributed by atoms with Crippen molar-refractivity contribution in [3.8, 4) is 5.75 Å². The number of hydrogen-bond donors (Lipinski definition) is 2. The highest BCUT2D eigenvalue weighted by molar-refractivity contribution is 6.03. The number of carbonyl (C=O) groups excluding carboxylic acids is 3. The summed E-state index contributed by atoms with van der Waals surface area (Å²) in [4.78, 5) is 35.3. The lowest BCUT2D eigenvalue weighted by molar-refractivity contribution is -0.119. The number of para-hydroxylation sites is 1. The van der Waals surface area contributed by atoms with E-state index in [2.05, 4.69) is 5.32 Å². The van der Waals surface area contributed by atoms with Crippen LogP contribution < -0.4 is 15.8 Å². The first kappa shape index (κ1) is 20.0. The lowest BCUT2D eigenvalue weighted by Gasteiger charge is -2.10. The summed E-state index contributed by atoms with van der Waals surface area (Å²) >= 11 is 0. The van der Waals surface area contributed by atoms with E-state index < -0.39 is 24.4 Å². The molecule has 0 aliphatic carbocycles. The van der Waals surface area contributed by atoms with Crippen LogP contribution in [0.25, 0.3) is 0 Å². The first-order valence-electron chi connectivity index (χ1n) is 8.45. The zero-order valence-electron chi connectivity index (χ0n) is 15.2. The van der Waals surface area contributed by atoms with E-state index in [9.17, 15) is 14.4 Å². The standard InChI is InChI=1S/C20H22N2O5/c1-13(2)11-26-15-9-7-14(8-10-15)20(25)27-12-18(23)22-17-6-4-3-5-16(17)19(21)24/h3-10,13H,11-12H2,1-2H3,(H2,21,24)(H,22,23). The number of esters is 1. The second kappa shape index (κ2) is 9.38. The first-order valence-corrected chi connectivity index (χ1v) is 8.45. The fraction of sp³-hybridized carbons (Fsp3) is 0.250. The quantitative estimate of drug-likeness (QED) is 0.695. The fourth-order valence-corrected chi connectivity index (χ4v) is 2.16. The van der Waals surface area contributed by atoms with Crippen molar-refractivity contribution in [2.75, 3.05) is 18.5 Å². The SMILES string of the molecule is CC(C)COc1ccc(C(=O)OCC(=O)Nc2ccccc2C(N)=O)cc1. The Hall–Kier alpha value is -3.35. The van der Waals surface area contributed by atoms with E-state index in [1.807, 2.05) is 13.8 Å². The third-order valence-corrected chi connectivity index (χ3v) is 3.47. The summed E-state index contributed by atoms with van der Waals surface area (Å²) in [5.74, 6) is -0.825. The van der Waals surface area contributed by atoms with Crippen molar-refractivity contribution >= 4 is 23.5 Å². The van der Waals surface area contributed by atoms with Crippen LogP contribution in [0.1, 0.15) is 34.6 Å². The third-order valence-electron chi connectivity index (χ3n) is 3.47. The highest BCUT2D eigenvalue weighted by Crippen LogP contribution is 2.15. The Labute approximate surface area is 157 Å². The van der Waals surface area contributed by atoms with Crippen molar-refractivity contribution in [3.05, 3.63) is 59.7 Å². The minimum absolute atomic E-state index is 0.175. The predicted molar refractivity (Wildman–Crippen MR) is 101 cm³/mol. The molecule has 27 heavy (non-hydrogen) atoms. The van der Waals surface area contributed by atoms with Crippen LogP contribution in [0.15, 0.2) is 48.5 Å². The predicted octanol–water partition coefficient (Wildman–Crippen LogP) is 2.62. The van der Waals surface area contributed by atoms with E-state index in [1.54, 1.807) is 36.4 Å². The molecule has 0 unspecified atom stereocenters. The number of nitrogens with one attached hydrogen (secondary N) is 1. The molecular weight excluding hydrogens is 348 g/mol. The molecule has 0 saturated carbocycles. The molecule has 7 nitrogen and oxygen atoms in total. The molecule has 142 valence electrons. The van der Waals surface area contributed by atoms with Crippen molar-refractivity contribution < 1.29 is 23.9 Å². The van der Waals surface area contributed by atoms with Gasteiger partial charge in [-0.05, 0) is 42.3 Å². The number of amides is 2. The van der Waals surface area contributed by atoms with Crippen LogP contribution in [0, 0.1) is 5.92 Å². The topological polar surface area (TPSA) is 108 Å². The van der Waals surface area contributed by atoms with Crippen molar-refractivity contribution in [2.45, 2.75) is 13.8 Å². The van der Waals surface area contributed by atoms with Gasteiger partial charge in [-0.15, -0.1) is 0 Å². The number of primary amides is 1. The van der Waals surface area contributed by atoms with Crippen LogP contribution >= 0.6 is 0 Å². The van der Waals surface area contributed by atoms with Gasteiger partial charge in [0.05, 0.1) is 23.4 Å². The molecule has 0 aliphatic rings. The summed E-state index contributed by atoms with van der Waals surface area (Å²) in [6.07, 6.45) is 0. The third kappa shape index (κ3) is 6.14. The Kier molecular flexibility index (Phi) is 6.93. The normalized spacial score (nSPS) is 10.3. The number of benzene rings is 2. The fourth-order valence-electron chi connectivity index (χ4n) is 2.16. The Morgan fingerprint density at radius 2 is 1.70 bits per heavy atom. The van der Waals surface area contributed by atoms with Gasteiger partial charge >= 0.3 is 5.97 Å². The number of hydrogen-bond acceptors (Lipinski definition) is 5. The van der Waals surface area contributed by atoms with E-state index in [4.69, 9.17) is 15.2 Å². The van der Waals surface area contributed by atoms with Gasteiger partial charge in [-0.25, -0.2) is 4.79 Å².